The maximum absolute atomic E-state index is 11.5. The van der Waals surface area contributed by atoms with Gasteiger partial charge in [-0.2, -0.15) is 0 Å². The van der Waals surface area contributed by atoms with Crippen LogP contribution in [-0.4, -0.2) is 12.1 Å². The summed E-state index contributed by atoms with van der Waals surface area (Å²) < 4.78 is 10.2. The number of allylic oxidation sites excluding steroid dienone is 1. The molecule has 0 spiro atoms. The molecule has 1 rings (SSSR count). The molecule has 3 nitrogen and oxygen atoms in total. The fraction of sp³-hybridized carbons (Fsp3) is 0.364. The van der Waals surface area contributed by atoms with E-state index in [1.54, 1.807) is 12.1 Å². The quantitative estimate of drug-likeness (QED) is 0.694. The molecule has 0 radical (unpaired) electrons. The van der Waals surface area contributed by atoms with Gasteiger partial charge < -0.3 is 9.15 Å². The summed E-state index contributed by atoms with van der Waals surface area (Å²) >= 11 is 0. The molecule has 0 fully saturated rings. The number of furan rings is 1. The lowest BCUT2D eigenvalue weighted by Gasteiger charge is -2.06. The molecule has 1 heterocycles. The van der Waals surface area contributed by atoms with Crippen LogP contribution in [0.15, 0.2) is 22.8 Å². The van der Waals surface area contributed by atoms with Gasteiger partial charge in [0, 0.05) is 0 Å². The van der Waals surface area contributed by atoms with Crippen LogP contribution >= 0.6 is 0 Å². The molecular formula is C11H14O3. The molecule has 0 saturated heterocycles. The smallest absolute Gasteiger partial charge is 0.342 e. The third kappa shape index (κ3) is 2.49. The van der Waals surface area contributed by atoms with Crippen molar-refractivity contribution >= 4 is 12.0 Å². The minimum atomic E-state index is -0.346. The molecule has 0 atom stereocenters. The summed E-state index contributed by atoms with van der Waals surface area (Å²) in [6.45, 7) is 5.49. The van der Waals surface area contributed by atoms with Crippen LogP contribution in [0.2, 0.25) is 0 Å². The van der Waals surface area contributed by atoms with Gasteiger partial charge in [-0.05, 0) is 32.9 Å². The van der Waals surface area contributed by atoms with E-state index in [1.807, 2.05) is 26.8 Å². The molecule has 0 aliphatic rings. The van der Waals surface area contributed by atoms with Crippen LogP contribution in [-0.2, 0) is 4.74 Å². The van der Waals surface area contributed by atoms with Gasteiger partial charge in [0.25, 0.3) is 0 Å². The largest absolute Gasteiger partial charge is 0.464 e. The second kappa shape index (κ2) is 4.65. The van der Waals surface area contributed by atoms with Crippen molar-refractivity contribution in [3.05, 3.63) is 29.7 Å². The van der Waals surface area contributed by atoms with Crippen molar-refractivity contribution in [2.75, 3.05) is 0 Å². The predicted octanol–water partition coefficient (Wildman–Crippen LogP) is 2.88. The minimum Gasteiger partial charge on any atom is -0.464 e. The SMILES string of the molecule is C/C=C/c1occc1C(=O)OC(C)C. The molecule has 0 aliphatic carbocycles. The van der Waals surface area contributed by atoms with Gasteiger partial charge in [-0.15, -0.1) is 0 Å². The molecule has 0 saturated carbocycles. The first kappa shape index (κ1) is 10.6. The van der Waals surface area contributed by atoms with Crippen molar-refractivity contribution in [3.63, 3.8) is 0 Å². The molecule has 0 aromatic carbocycles. The second-order valence-corrected chi connectivity index (χ2v) is 3.15. The average Bonchev–Trinajstić information content (AvgIpc) is 2.51. The maximum Gasteiger partial charge on any atom is 0.342 e. The highest BCUT2D eigenvalue weighted by Gasteiger charge is 2.14. The lowest BCUT2D eigenvalue weighted by atomic mass is 10.2. The van der Waals surface area contributed by atoms with Gasteiger partial charge in [-0.3, -0.25) is 0 Å². The third-order valence-electron chi connectivity index (χ3n) is 1.58. The number of carbonyl (C=O) groups is 1. The van der Waals surface area contributed by atoms with Crippen LogP contribution in [0.3, 0.4) is 0 Å². The Morgan fingerprint density at radius 2 is 2.29 bits per heavy atom. The molecule has 14 heavy (non-hydrogen) atoms. The van der Waals surface area contributed by atoms with E-state index in [-0.39, 0.29) is 12.1 Å². The Morgan fingerprint density at radius 3 is 2.86 bits per heavy atom. The van der Waals surface area contributed by atoms with Gasteiger partial charge in [0.05, 0.1) is 12.4 Å². The second-order valence-electron chi connectivity index (χ2n) is 3.15. The number of rotatable bonds is 3. The first-order valence-corrected chi connectivity index (χ1v) is 4.56. The van der Waals surface area contributed by atoms with Gasteiger partial charge in [0.15, 0.2) is 0 Å². The van der Waals surface area contributed by atoms with Crippen LogP contribution < -0.4 is 0 Å². The van der Waals surface area contributed by atoms with Crippen LogP contribution in [0.5, 0.6) is 0 Å². The van der Waals surface area contributed by atoms with Gasteiger partial charge in [0.1, 0.15) is 11.3 Å². The van der Waals surface area contributed by atoms with Crippen molar-refractivity contribution in [2.24, 2.45) is 0 Å². The average molecular weight is 194 g/mol. The highest BCUT2D eigenvalue weighted by molar-refractivity contribution is 5.92. The summed E-state index contributed by atoms with van der Waals surface area (Å²) in [5.41, 5.74) is 0.469. The first-order valence-electron chi connectivity index (χ1n) is 4.56. The summed E-state index contributed by atoms with van der Waals surface area (Å²) in [6.07, 6.45) is 4.91. The summed E-state index contributed by atoms with van der Waals surface area (Å²) in [4.78, 5) is 11.5. The lowest BCUT2D eigenvalue weighted by Crippen LogP contribution is -2.11. The van der Waals surface area contributed by atoms with Crippen molar-refractivity contribution < 1.29 is 13.9 Å². The van der Waals surface area contributed by atoms with Gasteiger partial charge in [-0.25, -0.2) is 4.79 Å². The Hall–Kier alpha value is -1.51. The third-order valence-corrected chi connectivity index (χ3v) is 1.58. The number of ether oxygens (including phenoxy) is 1. The summed E-state index contributed by atoms with van der Waals surface area (Å²) in [7, 11) is 0. The molecule has 0 bridgehead atoms. The minimum absolute atomic E-state index is 0.115. The number of hydrogen-bond donors (Lipinski definition) is 0. The van der Waals surface area contributed by atoms with Gasteiger partial charge in [0.2, 0.25) is 0 Å². The Morgan fingerprint density at radius 1 is 1.57 bits per heavy atom. The van der Waals surface area contributed by atoms with Crippen molar-refractivity contribution in [2.45, 2.75) is 26.9 Å². The molecule has 1 aromatic rings. The van der Waals surface area contributed by atoms with E-state index in [0.717, 1.165) is 0 Å². The van der Waals surface area contributed by atoms with Crippen LogP contribution in [0, 0.1) is 0 Å². The van der Waals surface area contributed by atoms with E-state index >= 15 is 0 Å². The van der Waals surface area contributed by atoms with E-state index in [9.17, 15) is 4.79 Å². The summed E-state index contributed by atoms with van der Waals surface area (Å²) in [6, 6.07) is 1.61. The molecular weight excluding hydrogens is 180 g/mol. The number of esters is 1. The predicted molar refractivity (Wildman–Crippen MR) is 54.0 cm³/mol. The number of hydrogen-bond acceptors (Lipinski definition) is 3. The van der Waals surface area contributed by atoms with Crippen molar-refractivity contribution in [3.8, 4) is 0 Å². The van der Waals surface area contributed by atoms with E-state index < -0.39 is 0 Å². The maximum atomic E-state index is 11.5. The summed E-state index contributed by atoms with van der Waals surface area (Å²) in [5, 5.41) is 0. The highest BCUT2D eigenvalue weighted by atomic mass is 16.5. The van der Waals surface area contributed by atoms with E-state index in [1.165, 1.54) is 6.26 Å². The Bertz CT molecular complexity index is 334. The fourth-order valence-electron chi connectivity index (χ4n) is 1.05. The van der Waals surface area contributed by atoms with Crippen LogP contribution in [0.25, 0.3) is 6.08 Å². The standard InChI is InChI=1S/C11H14O3/c1-4-5-10-9(6-7-13-10)11(12)14-8(2)3/h4-8H,1-3H3/b5-4+. The van der Waals surface area contributed by atoms with Crippen molar-refractivity contribution in [1.82, 2.24) is 0 Å². The van der Waals surface area contributed by atoms with E-state index in [0.29, 0.717) is 11.3 Å². The van der Waals surface area contributed by atoms with Gasteiger partial charge >= 0.3 is 5.97 Å². The molecule has 76 valence electrons. The van der Waals surface area contributed by atoms with Crippen molar-refractivity contribution in [1.29, 1.82) is 0 Å². The normalized spacial score (nSPS) is 11.1. The first-order chi connectivity index (χ1) is 6.65. The van der Waals surface area contributed by atoms with E-state index in [4.69, 9.17) is 9.15 Å². The monoisotopic (exact) mass is 194 g/mol. The molecule has 0 amide bonds. The molecule has 0 unspecified atom stereocenters. The molecule has 0 aliphatic heterocycles. The zero-order chi connectivity index (χ0) is 10.6. The Kier molecular flexibility index (Phi) is 3.51. The molecule has 0 N–H and O–H groups in total. The zero-order valence-corrected chi connectivity index (χ0v) is 8.61. The zero-order valence-electron chi connectivity index (χ0n) is 8.61. The topological polar surface area (TPSA) is 39.4 Å². The molecule has 1 aromatic heterocycles. The van der Waals surface area contributed by atoms with Crippen LogP contribution in [0.1, 0.15) is 36.9 Å². The fourth-order valence-corrected chi connectivity index (χ4v) is 1.05. The van der Waals surface area contributed by atoms with Crippen LogP contribution in [0.4, 0.5) is 0 Å². The van der Waals surface area contributed by atoms with E-state index in [2.05, 4.69) is 0 Å². The highest BCUT2D eigenvalue weighted by Crippen LogP contribution is 2.14. The Labute approximate surface area is 83.4 Å². The van der Waals surface area contributed by atoms with Gasteiger partial charge in [-0.1, -0.05) is 6.08 Å². The molecule has 3 heteroatoms. The summed E-state index contributed by atoms with van der Waals surface area (Å²) in [5.74, 6) is 0.194. The Balaban J connectivity index is 2.84. The number of carbonyl (C=O) groups excluding carboxylic acids is 1. The lowest BCUT2D eigenvalue weighted by molar-refractivity contribution is 0.0377.